The van der Waals surface area contributed by atoms with Crippen LogP contribution in [-0.2, 0) is 19.6 Å². The molecule has 1 amide bonds. The van der Waals surface area contributed by atoms with Gasteiger partial charge in [-0.05, 0) is 12.3 Å². The minimum atomic E-state index is -3.19. The van der Waals surface area contributed by atoms with E-state index in [-0.39, 0.29) is 23.5 Å². The first-order valence-electron chi connectivity index (χ1n) is 7.32. The normalized spacial score (nSPS) is 31.9. The van der Waals surface area contributed by atoms with Gasteiger partial charge in [0, 0.05) is 38.0 Å². The fourth-order valence-electron chi connectivity index (χ4n) is 2.98. The molecule has 2 saturated heterocycles. The van der Waals surface area contributed by atoms with Crippen molar-refractivity contribution in [2.24, 2.45) is 17.8 Å². The molecule has 0 bridgehead atoms. The van der Waals surface area contributed by atoms with E-state index in [0.717, 1.165) is 6.42 Å². The number of likely N-dealkylation sites (tertiary alicyclic amines) is 1. The smallest absolute Gasteiger partial charge is 0.225 e. The Labute approximate surface area is 120 Å². The van der Waals surface area contributed by atoms with Crippen LogP contribution in [0.25, 0.3) is 0 Å². The largest absolute Gasteiger partial charge is 0.379 e. The van der Waals surface area contributed by atoms with Crippen LogP contribution in [0.1, 0.15) is 13.3 Å². The maximum atomic E-state index is 12.2. The molecule has 3 rings (SSSR count). The second-order valence-corrected chi connectivity index (χ2v) is 8.23. The molecule has 7 heteroatoms. The Balaban J connectivity index is 1.47. The molecule has 0 aromatic rings. The van der Waals surface area contributed by atoms with Gasteiger partial charge in [-0.2, -0.15) is 4.31 Å². The molecule has 114 valence electrons. The molecule has 6 nitrogen and oxygen atoms in total. The fourth-order valence-corrected chi connectivity index (χ4v) is 4.71. The van der Waals surface area contributed by atoms with Crippen molar-refractivity contribution in [3.8, 4) is 0 Å². The number of carbonyl (C=O) groups is 1. The number of amides is 1. The third-order valence-electron chi connectivity index (χ3n) is 4.51. The van der Waals surface area contributed by atoms with Crippen LogP contribution in [0.5, 0.6) is 0 Å². The summed E-state index contributed by atoms with van der Waals surface area (Å²) in [5.41, 5.74) is 0. The number of carbonyl (C=O) groups excluding carboxylic acids is 1. The predicted molar refractivity (Wildman–Crippen MR) is 73.5 cm³/mol. The molecule has 1 saturated carbocycles. The van der Waals surface area contributed by atoms with E-state index in [2.05, 4.69) is 6.92 Å². The number of sulfonamides is 1. The van der Waals surface area contributed by atoms with Crippen LogP contribution < -0.4 is 0 Å². The van der Waals surface area contributed by atoms with Crippen LogP contribution in [0.4, 0.5) is 0 Å². The van der Waals surface area contributed by atoms with Gasteiger partial charge in [-0.3, -0.25) is 4.79 Å². The van der Waals surface area contributed by atoms with Crippen molar-refractivity contribution < 1.29 is 17.9 Å². The van der Waals surface area contributed by atoms with Gasteiger partial charge < -0.3 is 9.64 Å². The third-order valence-corrected chi connectivity index (χ3v) is 6.55. The number of hydrogen-bond donors (Lipinski definition) is 0. The molecule has 20 heavy (non-hydrogen) atoms. The first-order chi connectivity index (χ1) is 9.47. The molecule has 0 radical (unpaired) electrons. The third kappa shape index (κ3) is 2.84. The van der Waals surface area contributed by atoms with E-state index in [1.165, 1.54) is 4.31 Å². The summed E-state index contributed by atoms with van der Waals surface area (Å²) in [7, 11) is -3.19. The Bertz CT molecular complexity index is 481. The van der Waals surface area contributed by atoms with Gasteiger partial charge in [-0.1, -0.05) is 6.92 Å². The lowest BCUT2D eigenvalue weighted by atomic mass is 10.0. The van der Waals surface area contributed by atoms with Crippen molar-refractivity contribution >= 4 is 15.9 Å². The zero-order chi connectivity index (χ0) is 14.3. The van der Waals surface area contributed by atoms with E-state index in [4.69, 9.17) is 4.74 Å². The fraction of sp³-hybridized carbons (Fsp3) is 0.923. The average molecular weight is 302 g/mol. The Morgan fingerprint density at radius 3 is 2.40 bits per heavy atom. The first kappa shape index (κ1) is 14.3. The molecule has 2 atom stereocenters. The van der Waals surface area contributed by atoms with Crippen molar-refractivity contribution in [2.45, 2.75) is 13.3 Å². The Morgan fingerprint density at radius 1 is 1.25 bits per heavy atom. The summed E-state index contributed by atoms with van der Waals surface area (Å²) in [6.45, 7) is 5.16. The van der Waals surface area contributed by atoms with Gasteiger partial charge >= 0.3 is 0 Å². The van der Waals surface area contributed by atoms with E-state index >= 15 is 0 Å². The highest BCUT2D eigenvalue weighted by Crippen LogP contribution is 2.40. The minimum Gasteiger partial charge on any atom is -0.379 e. The summed E-state index contributed by atoms with van der Waals surface area (Å²) in [5.74, 6) is 1.19. The molecule has 3 aliphatic rings. The summed E-state index contributed by atoms with van der Waals surface area (Å²) in [4.78, 5) is 13.8. The van der Waals surface area contributed by atoms with Gasteiger partial charge in [0.05, 0.1) is 19.0 Å². The summed E-state index contributed by atoms with van der Waals surface area (Å²) >= 11 is 0. The Hall–Kier alpha value is -0.660. The Morgan fingerprint density at radius 2 is 1.85 bits per heavy atom. The van der Waals surface area contributed by atoms with Gasteiger partial charge in [-0.15, -0.1) is 0 Å². The molecule has 1 aliphatic carbocycles. The lowest BCUT2D eigenvalue weighted by Crippen LogP contribution is -2.54. The highest BCUT2D eigenvalue weighted by atomic mass is 32.2. The van der Waals surface area contributed by atoms with Crippen molar-refractivity contribution in [3.63, 3.8) is 0 Å². The monoisotopic (exact) mass is 302 g/mol. The van der Waals surface area contributed by atoms with Crippen molar-refractivity contribution in [2.75, 3.05) is 45.1 Å². The molecular weight excluding hydrogens is 280 g/mol. The maximum Gasteiger partial charge on any atom is 0.225 e. The second-order valence-electron chi connectivity index (χ2n) is 6.22. The molecule has 0 aromatic carbocycles. The SMILES string of the molecule is C[C@H]1C[C@H]1C(=O)N1CC(CS(=O)(=O)N2CCOCC2)C1. The van der Waals surface area contributed by atoms with Gasteiger partial charge in [0.1, 0.15) is 0 Å². The Kier molecular flexibility index (Phi) is 3.77. The lowest BCUT2D eigenvalue weighted by molar-refractivity contribution is -0.138. The van der Waals surface area contributed by atoms with E-state index in [0.29, 0.717) is 45.3 Å². The van der Waals surface area contributed by atoms with Crippen molar-refractivity contribution in [1.29, 1.82) is 0 Å². The quantitative estimate of drug-likeness (QED) is 0.719. The van der Waals surface area contributed by atoms with E-state index in [9.17, 15) is 13.2 Å². The van der Waals surface area contributed by atoms with E-state index in [1.54, 1.807) is 0 Å². The summed E-state index contributed by atoms with van der Waals surface area (Å²) < 4.78 is 31.2. The molecule has 2 aliphatic heterocycles. The molecule has 0 N–H and O–H groups in total. The zero-order valence-electron chi connectivity index (χ0n) is 11.8. The van der Waals surface area contributed by atoms with Crippen LogP contribution in [0.15, 0.2) is 0 Å². The maximum absolute atomic E-state index is 12.2. The van der Waals surface area contributed by atoms with Crippen LogP contribution in [0, 0.1) is 17.8 Å². The van der Waals surface area contributed by atoms with Crippen LogP contribution in [0.2, 0.25) is 0 Å². The molecule has 3 fully saturated rings. The van der Waals surface area contributed by atoms with Gasteiger partial charge in [-0.25, -0.2) is 8.42 Å². The zero-order valence-corrected chi connectivity index (χ0v) is 12.6. The predicted octanol–water partition coefficient (Wildman–Crippen LogP) is -0.237. The highest BCUT2D eigenvalue weighted by molar-refractivity contribution is 7.89. The first-order valence-corrected chi connectivity index (χ1v) is 8.92. The number of morpholine rings is 1. The van der Waals surface area contributed by atoms with Crippen LogP contribution in [0.3, 0.4) is 0 Å². The lowest BCUT2D eigenvalue weighted by Gasteiger charge is -2.40. The van der Waals surface area contributed by atoms with Gasteiger partial charge in [0.2, 0.25) is 15.9 Å². The molecule has 2 heterocycles. The second kappa shape index (κ2) is 5.27. The molecule has 0 unspecified atom stereocenters. The molecular formula is C13H22N2O4S. The minimum absolute atomic E-state index is 0.0980. The topological polar surface area (TPSA) is 66.9 Å². The number of hydrogen-bond acceptors (Lipinski definition) is 4. The van der Waals surface area contributed by atoms with Crippen molar-refractivity contribution in [3.05, 3.63) is 0 Å². The van der Waals surface area contributed by atoms with E-state index < -0.39 is 10.0 Å². The standard InChI is InChI=1S/C13H22N2O4S/c1-10-6-12(10)13(16)14-7-11(8-14)9-20(17,18)15-2-4-19-5-3-15/h10-12H,2-9H2,1H3/t10-,12+/m0/s1. The van der Waals surface area contributed by atoms with Crippen LogP contribution in [-0.4, -0.2) is 68.7 Å². The summed E-state index contributed by atoms with van der Waals surface area (Å²) in [5, 5.41) is 0. The number of ether oxygens (including phenoxy) is 1. The number of nitrogens with zero attached hydrogens (tertiary/aromatic N) is 2. The van der Waals surface area contributed by atoms with Crippen LogP contribution >= 0.6 is 0 Å². The van der Waals surface area contributed by atoms with Gasteiger partial charge in [0.25, 0.3) is 0 Å². The summed E-state index contributed by atoms with van der Waals surface area (Å²) in [6, 6.07) is 0. The van der Waals surface area contributed by atoms with Crippen molar-refractivity contribution in [1.82, 2.24) is 9.21 Å². The van der Waals surface area contributed by atoms with Gasteiger partial charge in [0.15, 0.2) is 0 Å². The molecule has 0 aromatic heterocycles. The number of rotatable bonds is 4. The summed E-state index contributed by atoms with van der Waals surface area (Å²) in [6.07, 6.45) is 0.992. The average Bonchev–Trinajstić information content (AvgIpc) is 3.11. The highest BCUT2D eigenvalue weighted by Gasteiger charge is 2.45. The van der Waals surface area contributed by atoms with E-state index in [1.807, 2.05) is 4.90 Å². The molecule has 0 spiro atoms.